The van der Waals surface area contributed by atoms with Crippen molar-refractivity contribution >= 4 is 46.0 Å². The number of amides is 4. The number of carbonyl (C=O) groups excluding carboxylic acids is 4. The Bertz CT molecular complexity index is 1000. The second-order valence-corrected chi connectivity index (χ2v) is 7.74. The van der Waals surface area contributed by atoms with Gasteiger partial charge in [-0.15, -0.1) is 0 Å². The van der Waals surface area contributed by atoms with Gasteiger partial charge in [-0.3, -0.25) is 24.6 Å². The van der Waals surface area contributed by atoms with E-state index in [1.807, 2.05) is 0 Å². The van der Waals surface area contributed by atoms with E-state index in [1.54, 1.807) is 23.1 Å². The van der Waals surface area contributed by atoms with Crippen molar-refractivity contribution in [3.63, 3.8) is 0 Å². The second kappa shape index (κ2) is 7.63. The van der Waals surface area contributed by atoms with Crippen LogP contribution in [0, 0.1) is 0 Å². The summed E-state index contributed by atoms with van der Waals surface area (Å²) < 4.78 is 4.75. The molecule has 0 atom stereocenters. The first-order valence-electron chi connectivity index (χ1n) is 9.05. The number of thiazole rings is 1. The molecule has 3 heterocycles. The number of fused-ring (bicyclic) bond motifs is 1. The molecule has 0 saturated carbocycles. The smallest absolute Gasteiger partial charge is 0.409 e. The van der Waals surface area contributed by atoms with E-state index >= 15 is 0 Å². The average Bonchev–Trinajstić information content (AvgIpc) is 3.28. The number of methoxy groups -OCH3 is 1. The zero-order valence-electron chi connectivity index (χ0n) is 15.6. The monoisotopic (exact) mass is 414 g/mol. The summed E-state index contributed by atoms with van der Waals surface area (Å²) in [5.74, 6) is -0.924. The molecule has 0 bridgehead atoms. The standard InChI is InChI=1S/C19H18N4O5S/c1-28-19(27)22-8-7-13-14(10-22)29-18(20-13)21-17(26)11-3-2-4-12(9-11)23-15(24)5-6-16(23)25/h2-4,9H,5-8,10H2,1H3,(H,20,21,26). The van der Waals surface area contributed by atoms with Crippen LogP contribution in [-0.4, -0.2) is 47.4 Å². The van der Waals surface area contributed by atoms with Gasteiger partial charge in [-0.1, -0.05) is 17.4 Å². The normalized spacial score (nSPS) is 16.0. The van der Waals surface area contributed by atoms with Gasteiger partial charge in [-0.2, -0.15) is 0 Å². The van der Waals surface area contributed by atoms with Crippen LogP contribution in [0.1, 0.15) is 33.8 Å². The van der Waals surface area contributed by atoms with Crippen LogP contribution in [0.4, 0.5) is 15.6 Å². The van der Waals surface area contributed by atoms with Gasteiger partial charge in [0.1, 0.15) is 0 Å². The molecule has 10 heteroatoms. The van der Waals surface area contributed by atoms with E-state index < -0.39 is 6.09 Å². The molecular formula is C19H18N4O5S. The van der Waals surface area contributed by atoms with Crippen LogP contribution in [0.2, 0.25) is 0 Å². The number of rotatable bonds is 3. The number of hydrogen-bond acceptors (Lipinski definition) is 7. The number of hydrogen-bond donors (Lipinski definition) is 1. The Morgan fingerprint density at radius 2 is 1.93 bits per heavy atom. The van der Waals surface area contributed by atoms with Crippen molar-refractivity contribution < 1.29 is 23.9 Å². The van der Waals surface area contributed by atoms with Crippen molar-refractivity contribution in [1.29, 1.82) is 0 Å². The molecule has 1 N–H and O–H groups in total. The minimum atomic E-state index is -0.391. The van der Waals surface area contributed by atoms with E-state index in [9.17, 15) is 19.2 Å². The zero-order valence-corrected chi connectivity index (χ0v) is 16.5. The molecule has 0 spiro atoms. The molecule has 2 aromatic rings. The molecule has 4 amide bonds. The van der Waals surface area contributed by atoms with Crippen molar-refractivity contribution in [3.05, 3.63) is 40.4 Å². The molecule has 1 fully saturated rings. The van der Waals surface area contributed by atoms with Gasteiger partial charge in [0.25, 0.3) is 5.91 Å². The van der Waals surface area contributed by atoms with Gasteiger partial charge in [0.15, 0.2) is 5.13 Å². The number of carbonyl (C=O) groups is 4. The number of nitrogens with one attached hydrogen (secondary N) is 1. The van der Waals surface area contributed by atoms with Crippen molar-refractivity contribution in [2.75, 3.05) is 23.9 Å². The fourth-order valence-electron chi connectivity index (χ4n) is 3.35. The topological polar surface area (TPSA) is 109 Å². The number of anilines is 2. The van der Waals surface area contributed by atoms with E-state index in [0.29, 0.717) is 35.9 Å². The van der Waals surface area contributed by atoms with Crippen molar-refractivity contribution in [3.8, 4) is 0 Å². The van der Waals surface area contributed by atoms with Crippen LogP contribution in [-0.2, 0) is 27.3 Å². The molecule has 1 saturated heterocycles. The molecule has 1 aromatic carbocycles. The van der Waals surface area contributed by atoms with E-state index in [-0.39, 0.29) is 30.6 Å². The van der Waals surface area contributed by atoms with E-state index in [1.165, 1.54) is 24.5 Å². The summed E-state index contributed by atoms with van der Waals surface area (Å²) >= 11 is 1.31. The zero-order chi connectivity index (χ0) is 20.5. The first-order valence-corrected chi connectivity index (χ1v) is 9.86. The summed E-state index contributed by atoms with van der Waals surface area (Å²) in [5, 5.41) is 3.19. The van der Waals surface area contributed by atoms with Crippen LogP contribution >= 0.6 is 11.3 Å². The lowest BCUT2D eigenvalue weighted by atomic mass is 10.1. The highest BCUT2D eigenvalue weighted by molar-refractivity contribution is 7.15. The van der Waals surface area contributed by atoms with E-state index in [0.717, 1.165) is 15.5 Å². The maximum absolute atomic E-state index is 12.7. The molecule has 2 aliphatic rings. The molecular weight excluding hydrogens is 396 g/mol. The van der Waals surface area contributed by atoms with Crippen LogP contribution in [0.15, 0.2) is 24.3 Å². The summed E-state index contributed by atoms with van der Waals surface area (Å²) in [7, 11) is 1.34. The van der Waals surface area contributed by atoms with Crippen molar-refractivity contribution in [1.82, 2.24) is 9.88 Å². The van der Waals surface area contributed by atoms with Crippen LogP contribution in [0.5, 0.6) is 0 Å². The summed E-state index contributed by atoms with van der Waals surface area (Å²) in [6, 6.07) is 6.38. The highest BCUT2D eigenvalue weighted by atomic mass is 32.1. The highest BCUT2D eigenvalue weighted by Gasteiger charge is 2.30. The quantitative estimate of drug-likeness (QED) is 0.771. The Hall–Kier alpha value is -3.27. The Balaban J connectivity index is 1.49. The van der Waals surface area contributed by atoms with Gasteiger partial charge in [-0.05, 0) is 18.2 Å². The van der Waals surface area contributed by atoms with E-state index in [4.69, 9.17) is 4.74 Å². The lowest BCUT2D eigenvalue weighted by Crippen LogP contribution is -2.35. The molecule has 150 valence electrons. The molecule has 4 rings (SSSR count). The van der Waals surface area contributed by atoms with Gasteiger partial charge < -0.3 is 9.64 Å². The first-order chi connectivity index (χ1) is 14.0. The number of ether oxygens (including phenoxy) is 1. The summed E-state index contributed by atoms with van der Waals surface area (Å²) in [5.41, 5.74) is 1.56. The summed E-state index contributed by atoms with van der Waals surface area (Å²) in [6.07, 6.45) is 0.564. The number of imide groups is 1. The molecule has 2 aliphatic heterocycles. The maximum Gasteiger partial charge on any atom is 0.409 e. The largest absolute Gasteiger partial charge is 0.453 e. The predicted molar refractivity (Wildman–Crippen MR) is 105 cm³/mol. The van der Waals surface area contributed by atoms with Gasteiger partial charge in [-0.25, -0.2) is 9.78 Å². The Morgan fingerprint density at radius 3 is 2.66 bits per heavy atom. The summed E-state index contributed by atoms with van der Waals surface area (Å²) in [4.78, 5) is 56.3. The van der Waals surface area contributed by atoms with Crippen LogP contribution in [0.3, 0.4) is 0 Å². The van der Waals surface area contributed by atoms with Gasteiger partial charge in [0, 0.05) is 36.2 Å². The lowest BCUT2D eigenvalue weighted by Gasteiger charge is -2.24. The van der Waals surface area contributed by atoms with Crippen molar-refractivity contribution in [2.24, 2.45) is 0 Å². The predicted octanol–water partition coefficient (Wildman–Crippen LogP) is 2.17. The second-order valence-electron chi connectivity index (χ2n) is 6.66. The molecule has 1 aromatic heterocycles. The Kier molecular flexibility index (Phi) is 5.01. The number of nitrogens with zero attached hydrogens (tertiary/aromatic N) is 3. The molecule has 29 heavy (non-hydrogen) atoms. The Labute approximate surface area is 170 Å². The third-order valence-electron chi connectivity index (χ3n) is 4.80. The van der Waals surface area contributed by atoms with Gasteiger partial charge >= 0.3 is 6.09 Å². The minimum absolute atomic E-state index is 0.183. The minimum Gasteiger partial charge on any atom is -0.453 e. The maximum atomic E-state index is 12.7. The van der Waals surface area contributed by atoms with Crippen molar-refractivity contribution in [2.45, 2.75) is 25.8 Å². The first kappa shape index (κ1) is 19.1. The number of aromatic nitrogens is 1. The van der Waals surface area contributed by atoms with Gasteiger partial charge in [0.05, 0.1) is 25.0 Å². The van der Waals surface area contributed by atoms with Crippen LogP contribution < -0.4 is 10.2 Å². The highest BCUT2D eigenvalue weighted by Crippen LogP contribution is 2.29. The van der Waals surface area contributed by atoms with E-state index in [2.05, 4.69) is 10.3 Å². The third kappa shape index (κ3) is 3.70. The SMILES string of the molecule is COC(=O)N1CCc2nc(NC(=O)c3cccc(N4C(=O)CCC4=O)c3)sc2C1. The fourth-order valence-corrected chi connectivity index (χ4v) is 4.37. The average molecular weight is 414 g/mol. The molecule has 9 nitrogen and oxygen atoms in total. The molecule has 0 aliphatic carbocycles. The van der Waals surface area contributed by atoms with Crippen LogP contribution in [0.25, 0.3) is 0 Å². The fraction of sp³-hybridized carbons (Fsp3) is 0.316. The lowest BCUT2D eigenvalue weighted by molar-refractivity contribution is -0.121. The van der Waals surface area contributed by atoms with Gasteiger partial charge in [0.2, 0.25) is 11.8 Å². The Morgan fingerprint density at radius 1 is 1.17 bits per heavy atom. The number of benzene rings is 1. The summed E-state index contributed by atoms with van der Waals surface area (Å²) in [6.45, 7) is 0.904. The molecule has 0 unspecified atom stereocenters. The molecule has 0 radical (unpaired) electrons. The third-order valence-corrected chi connectivity index (χ3v) is 5.80.